The summed E-state index contributed by atoms with van der Waals surface area (Å²) in [6, 6.07) is 16.6. The third-order valence-corrected chi connectivity index (χ3v) is 4.00. The lowest BCUT2D eigenvalue weighted by molar-refractivity contribution is -0.114. The molecule has 2 amide bonds. The number of amides is 2. The van der Waals surface area contributed by atoms with E-state index in [-0.39, 0.29) is 18.4 Å². The van der Waals surface area contributed by atoms with Crippen LogP contribution in [-0.2, 0) is 11.2 Å². The van der Waals surface area contributed by atoms with Crippen LogP contribution in [-0.4, -0.2) is 30.1 Å². The molecule has 1 unspecified atom stereocenters. The predicted octanol–water partition coefficient (Wildman–Crippen LogP) is 2.62. The number of carbonyl (C=O) groups excluding carboxylic acids is 2. The minimum Gasteiger partial charge on any atom is -0.396 e. The van der Waals surface area contributed by atoms with E-state index in [9.17, 15) is 14.7 Å². The summed E-state index contributed by atoms with van der Waals surface area (Å²) in [5.41, 5.74) is 1.84. The number of hydrogen-bond acceptors (Lipinski definition) is 3. The smallest absolute Gasteiger partial charge is 0.251 e. The van der Waals surface area contributed by atoms with Crippen LogP contribution >= 0.6 is 0 Å². The first-order valence-corrected chi connectivity index (χ1v) is 8.22. The molecule has 132 valence electrons. The highest BCUT2D eigenvalue weighted by Gasteiger charge is 2.25. The fourth-order valence-electron chi connectivity index (χ4n) is 2.57. The van der Waals surface area contributed by atoms with E-state index in [1.807, 2.05) is 37.3 Å². The van der Waals surface area contributed by atoms with Gasteiger partial charge in [0.1, 0.15) is 0 Å². The van der Waals surface area contributed by atoms with Gasteiger partial charge in [-0.3, -0.25) is 9.59 Å². The van der Waals surface area contributed by atoms with E-state index >= 15 is 0 Å². The zero-order valence-electron chi connectivity index (χ0n) is 14.6. The number of benzene rings is 2. The summed E-state index contributed by atoms with van der Waals surface area (Å²) < 4.78 is 0. The van der Waals surface area contributed by atoms with E-state index in [1.54, 1.807) is 24.3 Å². The van der Waals surface area contributed by atoms with Crippen molar-refractivity contribution in [1.82, 2.24) is 5.32 Å². The highest BCUT2D eigenvalue weighted by Crippen LogP contribution is 2.21. The number of carbonyl (C=O) groups is 2. The number of rotatable bonds is 7. The molecular weight excluding hydrogens is 316 g/mol. The van der Waals surface area contributed by atoms with Crippen LogP contribution in [0, 0.1) is 5.41 Å². The fourth-order valence-corrected chi connectivity index (χ4v) is 2.57. The molecule has 0 spiro atoms. The SMILES string of the molecule is CC(=O)Nc1ccc(C(=O)NCC(C)(CO)Cc2ccccc2)cc1. The zero-order chi connectivity index (χ0) is 18.3. The molecule has 2 rings (SSSR count). The second kappa shape index (κ2) is 8.44. The van der Waals surface area contributed by atoms with Crippen molar-refractivity contribution >= 4 is 17.5 Å². The molecule has 2 aromatic carbocycles. The second-order valence-electron chi connectivity index (χ2n) is 6.57. The topological polar surface area (TPSA) is 78.4 Å². The molecule has 0 saturated heterocycles. The Hall–Kier alpha value is -2.66. The van der Waals surface area contributed by atoms with Crippen LogP contribution in [0.4, 0.5) is 5.69 Å². The second-order valence-corrected chi connectivity index (χ2v) is 6.57. The van der Waals surface area contributed by atoms with Crippen LogP contribution in [0.2, 0.25) is 0 Å². The molecule has 0 bridgehead atoms. The Bertz CT molecular complexity index is 713. The average molecular weight is 340 g/mol. The van der Waals surface area contributed by atoms with E-state index in [0.29, 0.717) is 24.2 Å². The summed E-state index contributed by atoms with van der Waals surface area (Å²) in [5.74, 6) is -0.362. The predicted molar refractivity (Wildman–Crippen MR) is 98.4 cm³/mol. The molecule has 2 aromatic rings. The molecule has 0 fully saturated rings. The Balaban J connectivity index is 1.96. The van der Waals surface area contributed by atoms with Gasteiger partial charge in [-0.15, -0.1) is 0 Å². The number of aliphatic hydroxyl groups is 1. The Labute approximate surface area is 148 Å². The summed E-state index contributed by atoms with van der Waals surface area (Å²) in [6.45, 7) is 3.72. The van der Waals surface area contributed by atoms with Gasteiger partial charge in [0.05, 0.1) is 6.61 Å². The van der Waals surface area contributed by atoms with Gasteiger partial charge in [0.2, 0.25) is 5.91 Å². The van der Waals surface area contributed by atoms with Crippen LogP contribution in [0.3, 0.4) is 0 Å². The molecule has 0 aromatic heterocycles. The monoisotopic (exact) mass is 340 g/mol. The number of anilines is 1. The molecular formula is C20H24N2O3. The van der Waals surface area contributed by atoms with Crippen LogP contribution in [0.25, 0.3) is 0 Å². The normalized spacial score (nSPS) is 12.9. The summed E-state index contributed by atoms with van der Waals surface area (Å²) >= 11 is 0. The molecule has 1 atom stereocenters. The molecule has 0 radical (unpaired) electrons. The van der Waals surface area contributed by atoms with Crippen molar-refractivity contribution in [2.45, 2.75) is 20.3 Å². The lowest BCUT2D eigenvalue weighted by atomic mass is 9.84. The summed E-state index contributed by atoms with van der Waals surface area (Å²) in [7, 11) is 0. The van der Waals surface area contributed by atoms with E-state index < -0.39 is 5.41 Å². The van der Waals surface area contributed by atoms with Gasteiger partial charge in [0, 0.05) is 30.1 Å². The van der Waals surface area contributed by atoms with Crippen molar-refractivity contribution in [3.05, 3.63) is 65.7 Å². The van der Waals surface area contributed by atoms with Gasteiger partial charge in [-0.1, -0.05) is 37.3 Å². The van der Waals surface area contributed by atoms with Crippen molar-refractivity contribution in [1.29, 1.82) is 0 Å². The van der Waals surface area contributed by atoms with Crippen molar-refractivity contribution < 1.29 is 14.7 Å². The largest absolute Gasteiger partial charge is 0.396 e. The van der Waals surface area contributed by atoms with E-state index in [1.165, 1.54) is 6.92 Å². The van der Waals surface area contributed by atoms with Crippen LogP contribution in [0.15, 0.2) is 54.6 Å². The van der Waals surface area contributed by atoms with Gasteiger partial charge in [-0.25, -0.2) is 0 Å². The van der Waals surface area contributed by atoms with Crippen molar-refractivity contribution in [3.8, 4) is 0 Å². The van der Waals surface area contributed by atoms with Crippen LogP contribution in [0.5, 0.6) is 0 Å². The number of aliphatic hydroxyl groups excluding tert-OH is 1. The molecule has 5 heteroatoms. The highest BCUT2D eigenvalue weighted by molar-refractivity contribution is 5.95. The molecule has 5 nitrogen and oxygen atoms in total. The summed E-state index contributed by atoms with van der Waals surface area (Å²) in [5, 5.41) is 15.3. The molecule has 3 N–H and O–H groups in total. The van der Waals surface area contributed by atoms with E-state index in [2.05, 4.69) is 10.6 Å². The molecule has 0 aliphatic rings. The lowest BCUT2D eigenvalue weighted by Crippen LogP contribution is -2.39. The Morgan fingerprint density at radius 2 is 1.68 bits per heavy atom. The maximum Gasteiger partial charge on any atom is 0.251 e. The molecule has 0 heterocycles. The maximum absolute atomic E-state index is 12.3. The molecule has 0 aliphatic heterocycles. The Kier molecular flexibility index (Phi) is 6.31. The third kappa shape index (κ3) is 5.72. The van der Waals surface area contributed by atoms with Gasteiger partial charge in [-0.2, -0.15) is 0 Å². The minimum atomic E-state index is -0.437. The standard InChI is InChI=1S/C20H24N2O3/c1-15(24)22-18-10-8-17(9-11-18)19(25)21-13-20(2,14-23)12-16-6-4-3-5-7-16/h3-11,23H,12-14H2,1-2H3,(H,21,25)(H,22,24). The maximum atomic E-state index is 12.3. The van der Waals surface area contributed by atoms with Gasteiger partial charge in [0.25, 0.3) is 5.91 Å². The Morgan fingerprint density at radius 3 is 2.24 bits per heavy atom. The lowest BCUT2D eigenvalue weighted by Gasteiger charge is -2.27. The molecule has 25 heavy (non-hydrogen) atoms. The first kappa shape index (κ1) is 18.7. The van der Waals surface area contributed by atoms with Crippen molar-refractivity contribution in [2.24, 2.45) is 5.41 Å². The fraction of sp³-hybridized carbons (Fsp3) is 0.300. The minimum absolute atomic E-state index is 0.0242. The Morgan fingerprint density at radius 1 is 1.04 bits per heavy atom. The summed E-state index contributed by atoms with van der Waals surface area (Å²) in [6.07, 6.45) is 0.673. The van der Waals surface area contributed by atoms with Crippen molar-refractivity contribution in [2.75, 3.05) is 18.5 Å². The highest BCUT2D eigenvalue weighted by atomic mass is 16.3. The van der Waals surface area contributed by atoms with E-state index in [4.69, 9.17) is 0 Å². The van der Waals surface area contributed by atoms with E-state index in [0.717, 1.165) is 5.56 Å². The van der Waals surface area contributed by atoms with Crippen LogP contribution in [0.1, 0.15) is 29.8 Å². The quantitative estimate of drug-likeness (QED) is 0.725. The summed E-state index contributed by atoms with van der Waals surface area (Å²) in [4.78, 5) is 23.3. The van der Waals surface area contributed by atoms with Gasteiger partial charge in [0.15, 0.2) is 0 Å². The first-order chi connectivity index (χ1) is 11.9. The van der Waals surface area contributed by atoms with Gasteiger partial charge >= 0.3 is 0 Å². The molecule has 0 saturated carbocycles. The average Bonchev–Trinajstić information content (AvgIpc) is 2.61. The third-order valence-electron chi connectivity index (χ3n) is 4.00. The molecule has 0 aliphatic carbocycles. The zero-order valence-corrected chi connectivity index (χ0v) is 14.6. The number of hydrogen-bond donors (Lipinski definition) is 3. The van der Waals surface area contributed by atoms with Crippen LogP contribution < -0.4 is 10.6 Å². The van der Waals surface area contributed by atoms with Crippen molar-refractivity contribution in [3.63, 3.8) is 0 Å². The number of nitrogens with one attached hydrogen (secondary N) is 2. The van der Waals surface area contributed by atoms with Gasteiger partial charge < -0.3 is 15.7 Å². The van der Waals surface area contributed by atoms with Gasteiger partial charge in [-0.05, 0) is 36.2 Å². The first-order valence-electron chi connectivity index (χ1n) is 8.22.